The lowest BCUT2D eigenvalue weighted by Gasteiger charge is -2.39. The number of hydrogen-bond acceptors (Lipinski definition) is 4. The van der Waals surface area contributed by atoms with Gasteiger partial charge >= 0.3 is 0 Å². The van der Waals surface area contributed by atoms with Gasteiger partial charge in [0.1, 0.15) is 5.82 Å². The molecule has 0 radical (unpaired) electrons. The fourth-order valence-electron chi connectivity index (χ4n) is 4.37. The summed E-state index contributed by atoms with van der Waals surface area (Å²) in [6, 6.07) is 7.39. The molecule has 2 unspecified atom stereocenters. The number of halogens is 2. The number of rotatable bonds is 3. The molecule has 0 saturated carbocycles. The number of nitrogens with one attached hydrogen (secondary N) is 1. The molecule has 4 rings (SSSR count). The van der Waals surface area contributed by atoms with E-state index < -0.39 is 0 Å². The molecule has 3 aliphatic rings. The van der Waals surface area contributed by atoms with Gasteiger partial charge in [-0.25, -0.2) is 4.39 Å². The van der Waals surface area contributed by atoms with Crippen LogP contribution in [-0.4, -0.2) is 87.4 Å². The van der Waals surface area contributed by atoms with Gasteiger partial charge in [-0.1, -0.05) is 0 Å². The highest BCUT2D eigenvalue weighted by Crippen LogP contribution is 2.22. The molecule has 1 aromatic carbocycles. The lowest BCUT2D eigenvalue weighted by atomic mass is 10.2. The molecule has 0 aromatic heterocycles. The standard InChI is InChI=1S/C20H30FN5O.HI/c1-22-20(23-13-19-14-26-8-2-3-18(26)15-27-19)25-11-9-24(10-12-25)17-6-4-16(21)5-7-17;/h4-7,18-19H,2-3,8-15H2,1H3,(H,22,23);1H. The van der Waals surface area contributed by atoms with E-state index in [4.69, 9.17) is 4.74 Å². The maximum Gasteiger partial charge on any atom is 0.193 e. The normalized spacial score (nSPS) is 26.0. The SMILES string of the molecule is CN=C(NCC1CN2CCCC2CO1)N1CCN(c2ccc(F)cc2)CC1.I. The molecule has 0 bridgehead atoms. The highest BCUT2D eigenvalue weighted by Gasteiger charge is 2.32. The fourth-order valence-corrected chi connectivity index (χ4v) is 4.37. The van der Waals surface area contributed by atoms with Crippen LogP contribution in [0.3, 0.4) is 0 Å². The van der Waals surface area contributed by atoms with E-state index in [-0.39, 0.29) is 35.9 Å². The van der Waals surface area contributed by atoms with Crippen LogP contribution < -0.4 is 10.2 Å². The first-order chi connectivity index (χ1) is 13.2. The molecule has 28 heavy (non-hydrogen) atoms. The Kier molecular flexibility index (Phi) is 7.76. The van der Waals surface area contributed by atoms with Crippen LogP contribution in [0.5, 0.6) is 0 Å². The zero-order chi connectivity index (χ0) is 18.6. The zero-order valence-corrected chi connectivity index (χ0v) is 18.8. The van der Waals surface area contributed by atoms with Gasteiger partial charge in [0.25, 0.3) is 0 Å². The predicted octanol–water partition coefficient (Wildman–Crippen LogP) is 2.00. The summed E-state index contributed by atoms with van der Waals surface area (Å²) in [6.07, 6.45) is 2.81. The molecule has 1 aromatic rings. The van der Waals surface area contributed by atoms with Crippen molar-refractivity contribution in [3.05, 3.63) is 30.1 Å². The molecule has 3 aliphatic heterocycles. The Hall–Kier alpha value is -1.13. The maximum absolute atomic E-state index is 13.1. The van der Waals surface area contributed by atoms with E-state index in [0.717, 1.165) is 57.5 Å². The molecule has 156 valence electrons. The Balaban J connectivity index is 0.00000225. The average molecular weight is 503 g/mol. The summed E-state index contributed by atoms with van der Waals surface area (Å²) in [5.74, 6) is 0.757. The van der Waals surface area contributed by atoms with E-state index in [1.54, 1.807) is 0 Å². The molecular weight excluding hydrogens is 472 g/mol. The van der Waals surface area contributed by atoms with E-state index in [1.165, 1.54) is 31.5 Å². The van der Waals surface area contributed by atoms with Gasteiger partial charge in [-0.15, -0.1) is 24.0 Å². The van der Waals surface area contributed by atoms with Gasteiger partial charge in [0.2, 0.25) is 0 Å². The predicted molar refractivity (Wildman–Crippen MR) is 121 cm³/mol. The maximum atomic E-state index is 13.1. The number of fused-ring (bicyclic) bond motifs is 1. The van der Waals surface area contributed by atoms with E-state index in [1.807, 2.05) is 19.2 Å². The second-order valence-electron chi connectivity index (χ2n) is 7.62. The second kappa shape index (κ2) is 10.1. The van der Waals surface area contributed by atoms with Gasteiger partial charge in [-0.2, -0.15) is 0 Å². The molecule has 0 spiro atoms. The monoisotopic (exact) mass is 503 g/mol. The molecule has 0 aliphatic carbocycles. The lowest BCUT2D eigenvalue weighted by molar-refractivity contribution is -0.0454. The fraction of sp³-hybridized carbons (Fsp3) is 0.650. The van der Waals surface area contributed by atoms with E-state index in [0.29, 0.717) is 6.04 Å². The van der Waals surface area contributed by atoms with Crippen molar-refractivity contribution >= 4 is 35.6 Å². The highest BCUT2D eigenvalue weighted by atomic mass is 127. The summed E-state index contributed by atoms with van der Waals surface area (Å²) in [7, 11) is 1.84. The average Bonchev–Trinajstić information content (AvgIpc) is 3.17. The number of morpholine rings is 1. The minimum Gasteiger partial charge on any atom is -0.373 e. The Bertz CT molecular complexity index is 651. The molecule has 1 N–H and O–H groups in total. The van der Waals surface area contributed by atoms with Gasteiger partial charge < -0.3 is 19.9 Å². The van der Waals surface area contributed by atoms with Crippen molar-refractivity contribution in [2.24, 2.45) is 4.99 Å². The summed E-state index contributed by atoms with van der Waals surface area (Å²) < 4.78 is 19.2. The number of hydrogen-bond donors (Lipinski definition) is 1. The number of piperazine rings is 1. The summed E-state index contributed by atoms with van der Waals surface area (Å²) in [6.45, 7) is 7.50. The smallest absolute Gasteiger partial charge is 0.193 e. The first kappa shape index (κ1) is 21.6. The molecule has 2 atom stereocenters. The van der Waals surface area contributed by atoms with Crippen LogP contribution in [0.4, 0.5) is 10.1 Å². The van der Waals surface area contributed by atoms with E-state index in [2.05, 4.69) is 25.0 Å². The summed E-state index contributed by atoms with van der Waals surface area (Å²) >= 11 is 0. The topological polar surface area (TPSA) is 43.3 Å². The molecule has 3 heterocycles. The summed E-state index contributed by atoms with van der Waals surface area (Å²) in [5.41, 5.74) is 1.08. The Morgan fingerprint density at radius 3 is 2.64 bits per heavy atom. The lowest BCUT2D eigenvalue weighted by Crippen LogP contribution is -2.55. The third-order valence-electron chi connectivity index (χ3n) is 5.93. The molecule has 0 amide bonds. The van der Waals surface area contributed by atoms with Crippen molar-refractivity contribution in [2.45, 2.75) is 25.0 Å². The first-order valence-corrected chi connectivity index (χ1v) is 10.0. The van der Waals surface area contributed by atoms with Crippen molar-refractivity contribution < 1.29 is 9.13 Å². The Morgan fingerprint density at radius 1 is 1.18 bits per heavy atom. The van der Waals surface area contributed by atoms with E-state index in [9.17, 15) is 4.39 Å². The van der Waals surface area contributed by atoms with Gasteiger partial charge in [-0.3, -0.25) is 9.89 Å². The van der Waals surface area contributed by atoms with Crippen LogP contribution in [0.25, 0.3) is 0 Å². The van der Waals surface area contributed by atoms with Gasteiger partial charge in [0.05, 0.1) is 12.7 Å². The van der Waals surface area contributed by atoms with Crippen LogP contribution >= 0.6 is 24.0 Å². The van der Waals surface area contributed by atoms with Crippen LogP contribution in [0, 0.1) is 5.82 Å². The Labute approximate surface area is 184 Å². The third-order valence-corrected chi connectivity index (χ3v) is 5.93. The molecule has 3 saturated heterocycles. The number of aliphatic imine (C=N–C) groups is 1. The summed E-state index contributed by atoms with van der Waals surface area (Å²) in [5, 5.41) is 3.51. The van der Waals surface area contributed by atoms with Crippen molar-refractivity contribution in [1.29, 1.82) is 0 Å². The van der Waals surface area contributed by atoms with Gasteiger partial charge in [0.15, 0.2) is 5.96 Å². The van der Waals surface area contributed by atoms with Crippen LogP contribution in [0.1, 0.15) is 12.8 Å². The van der Waals surface area contributed by atoms with Crippen molar-refractivity contribution in [3.63, 3.8) is 0 Å². The Morgan fingerprint density at radius 2 is 1.93 bits per heavy atom. The molecule has 6 nitrogen and oxygen atoms in total. The quantitative estimate of drug-likeness (QED) is 0.389. The summed E-state index contributed by atoms with van der Waals surface area (Å²) in [4.78, 5) is 11.6. The van der Waals surface area contributed by atoms with E-state index >= 15 is 0 Å². The van der Waals surface area contributed by atoms with Crippen molar-refractivity contribution in [1.82, 2.24) is 15.1 Å². The molecule has 3 fully saturated rings. The van der Waals surface area contributed by atoms with Crippen LogP contribution in [0.2, 0.25) is 0 Å². The number of guanidine groups is 1. The third kappa shape index (κ3) is 5.07. The largest absolute Gasteiger partial charge is 0.373 e. The van der Waals surface area contributed by atoms with Gasteiger partial charge in [0, 0.05) is 58.0 Å². The van der Waals surface area contributed by atoms with Gasteiger partial charge in [-0.05, 0) is 43.7 Å². The van der Waals surface area contributed by atoms with Crippen LogP contribution in [0.15, 0.2) is 29.3 Å². The minimum absolute atomic E-state index is 0. The number of ether oxygens (including phenoxy) is 1. The minimum atomic E-state index is -0.188. The van der Waals surface area contributed by atoms with Crippen molar-refractivity contribution in [2.75, 3.05) is 64.4 Å². The second-order valence-corrected chi connectivity index (χ2v) is 7.62. The van der Waals surface area contributed by atoms with Crippen molar-refractivity contribution in [3.8, 4) is 0 Å². The zero-order valence-electron chi connectivity index (χ0n) is 16.5. The first-order valence-electron chi connectivity index (χ1n) is 10.0. The number of anilines is 1. The highest BCUT2D eigenvalue weighted by molar-refractivity contribution is 14.0. The number of benzene rings is 1. The molecule has 8 heteroatoms. The number of nitrogens with zero attached hydrogens (tertiary/aromatic N) is 4. The van der Waals surface area contributed by atoms with Crippen LogP contribution in [-0.2, 0) is 4.74 Å². The molecular formula is C20H31FIN5O.